The van der Waals surface area contributed by atoms with Crippen LogP contribution in [0.4, 0.5) is 5.69 Å². The fraction of sp³-hybridized carbons (Fsp3) is 0.333. The Bertz CT molecular complexity index is 659. The molecule has 1 aliphatic rings. The summed E-state index contributed by atoms with van der Waals surface area (Å²) in [4.78, 5) is 18.8. The molecule has 3 rings (SSSR count). The number of nitrogens with zero attached hydrogens (tertiary/aromatic N) is 2. The molecule has 0 spiro atoms. The number of nitrogens with one attached hydrogen (secondary N) is 2. The molecule has 5 heteroatoms. The summed E-state index contributed by atoms with van der Waals surface area (Å²) in [6.45, 7) is 4.97. The van der Waals surface area contributed by atoms with Gasteiger partial charge in [-0.3, -0.25) is 14.7 Å². The van der Waals surface area contributed by atoms with Crippen molar-refractivity contribution in [3.05, 3.63) is 59.9 Å². The van der Waals surface area contributed by atoms with Crippen molar-refractivity contribution >= 4 is 11.6 Å². The Kier molecular flexibility index (Phi) is 5.00. The molecule has 0 saturated carbocycles. The summed E-state index contributed by atoms with van der Waals surface area (Å²) in [5.41, 5.74) is 3.10. The minimum atomic E-state index is 0.0232. The number of carbonyl (C=O) groups excluding carboxylic acids is 1. The van der Waals surface area contributed by atoms with Crippen LogP contribution < -0.4 is 10.6 Å². The lowest BCUT2D eigenvalue weighted by molar-refractivity contribution is -0.118. The van der Waals surface area contributed by atoms with Crippen LogP contribution >= 0.6 is 0 Å². The minimum absolute atomic E-state index is 0.0232. The second kappa shape index (κ2) is 7.35. The van der Waals surface area contributed by atoms with Gasteiger partial charge in [-0.25, -0.2) is 0 Å². The van der Waals surface area contributed by atoms with E-state index in [1.54, 1.807) is 6.20 Å². The van der Waals surface area contributed by atoms with Crippen molar-refractivity contribution in [3.8, 4) is 0 Å². The average molecular weight is 310 g/mol. The van der Waals surface area contributed by atoms with Crippen LogP contribution in [-0.4, -0.2) is 42.0 Å². The Morgan fingerprint density at radius 3 is 3.00 bits per heavy atom. The number of benzene rings is 1. The molecule has 23 heavy (non-hydrogen) atoms. The lowest BCUT2D eigenvalue weighted by Gasteiger charge is -2.35. The van der Waals surface area contributed by atoms with E-state index in [0.717, 1.165) is 36.4 Å². The van der Waals surface area contributed by atoms with Gasteiger partial charge in [0.1, 0.15) is 0 Å². The van der Waals surface area contributed by atoms with Crippen molar-refractivity contribution in [1.29, 1.82) is 0 Å². The second-order valence-electron chi connectivity index (χ2n) is 5.84. The first kappa shape index (κ1) is 15.6. The molecule has 2 heterocycles. The van der Waals surface area contributed by atoms with Crippen molar-refractivity contribution in [2.75, 3.05) is 31.5 Å². The number of aromatic nitrogens is 1. The van der Waals surface area contributed by atoms with Gasteiger partial charge in [0.05, 0.1) is 6.54 Å². The van der Waals surface area contributed by atoms with E-state index in [-0.39, 0.29) is 11.9 Å². The number of hydrogen-bond donors (Lipinski definition) is 2. The maximum Gasteiger partial charge on any atom is 0.238 e. The molecule has 1 saturated heterocycles. The molecule has 0 bridgehead atoms. The molecule has 1 aromatic carbocycles. The summed E-state index contributed by atoms with van der Waals surface area (Å²) in [7, 11) is 0. The zero-order valence-corrected chi connectivity index (χ0v) is 13.3. The number of para-hydroxylation sites is 1. The van der Waals surface area contributed by atoms with Gasteiger partial charge in [0, 0.05) is 43.8 Å². The number of hydrogen-bond acceptors (Lipinski definition) is 4. The molecule has 1 aromatic heterocycles. The van der Waals surface area contributed by atoms with Gasteiger partial charge in [-0.1, -0.05) is 24.3 Å². The molecule has 0 radical (unpaired) electrons. The predicted octanol–water partition coefficient (Wildman–Crippen LogP) is 1.98. The smallest absolute Gasteiger partial charge is 0.238 e. The lowest BCUT2D eigenvalue weighted by Crippen LogP contribution is -2.48. The van der Waals surface area contributed by atoms with Crippen molar-refractivity contribution in [2.45, 2.75) is 13.0 Å². The van der Waals surface area contributed by atoms with Gasteiger partial charge >= 0.3 is 0 Å². The van der Waals surface area contributed by atoms with Crippen molar-refractivity contribution < 1.29 is 4.79 Å². The van der Waals surface area contributed by atoms with Gasteiger partial charge in [0.2, 0.25) is 5.91 Å². The van der Waals surface area contributed by atoms with Crippen LogP contribution in [0, 0.1) is 6.92 Å². The molecule has 2 N–H and O–H groups in total. The standard InChI is InChI=1S/C18H22N4O/c1-14-5-2-3-7-16(14)21-18(23)13-22-10-9-20-12-17(22)15-6-4-8-19-11-15/h2-8,11,17,20H,9-10,12-13H2,1H3,(H,21,23). The molecule has 1 fully saturated rings. The first-order chi connectivity index (χ1) is 11.2. The van der Waals surface area contributed by atoms with Crippen molar-refractivity contribution in [3.63, 3.8) is 0 Å². The molecule has 1 atom stereocenters. The van der Waals surface area contributed by atoms with E-state index in [1.165, 1.54) is 0 Å². The maximum atomic E-state index is 12.4. The van der Waals surface area contributed by atoms with Crippen molar-refractivity contribution in [2.24, 2.45) is 0 Å². The molecule has 120 valence electrons. The maximum absolute atomic E-state index is 12.4. The highest BCUT2D eigenvalue weighted by Crippen LogP contribution is 2.21. The largest absolute Gasteiger partial charge is 0.325 e. The third-order valence-corrected chi connectivity index (χ3v) is 4.19. The van der Waals surface area contributed by atoms with E-state index in [1.807, 2.05) is 43.5 Å². The molecule has 1 aliphatic heterocycles. The average Bonchev–Trinajstić information content (AvgIpc) is 2.58. The van der Waals surface area contributed by atoms with E-state index in [0.29, 0.717) is 6.54 Å². The Balaban J connectivity index is 1.67. The monoisotopic (exact) mass is 310 g/mol. The van der Waals surface area contributed by atoms with Gasteiger partial charge < -0.3 is 10.6 Å². The fourth-order valence-corrected chi connectivity index (χ4v) is 2.92. The van der Waals surface area contributed by atoms with Gasteiger partial charge in [-0.05, 0) is 30.2 Å². The van der Waals surface area contributed by atoms with E-state index in [4.69, 9.17) is 0 Å². The Morgan fingerprint density at radius 1 is 1.35 bits per heavy atom. The van der Waals surface area contributed by atoms with Crippen LogP contribution in [0.5, 0.6) is 0 Å². The Labute approximate surface area is 136 Å². The number of rotatable bonds is 4. The number of pyridine rings is 1. The normalized spacial score (nSPS) is 18.6. The van der Waals surface area contributed by atoms with Crippen LogP contribution in [0.3, 0.4) is 0 Å². The summed E-state index contributed by atoms with van der Waals surface area (Å²) < 4.78 is 0. The summed E-state index contributed by atoms with van der Waals surface area (Å²) in [6.07, 6.45) is 3.65. The molecule has 1 unspecified atom stereocenters. The predicted molar refractivity (Wildman–Crippen MR) is 91.2 cm³/mol. The van der Waals surface area contributed by atoms with Crippen LogP contribution in [-0.2, 0) is 4.79 Å². The van der Waals surface area contributed by atoms with Crippen molar-refractivity contribution in [1.82, 2.24) is 15.2 Å². The second-order valence-corrected chi connectivity index (χ2v) is 5.84. The Morgan fingerprint density at radius 2 is 2.22 bits per heavy atom. The SMILES string of the molecule is Cc1ccccc1NC(=O)CN1CCNCC1c1cccnc1. The van der Waals surface area contributed by atoms with E-state index < -0.39 is 0 Å². The molecular weight excluding hydrogens is 288 g/mol. The lowest BCUT2D eigenvalue weighted by atomic mass is 10.1. The van der Waals surface area contributed by atoms with Crippen LogP contribution in [0.2, 0.25) is 0 Å². The van der Waals surface area contributed by atoms with Crippen LogP contribution in [0.1, 0.15) is 17.2 Å². The quantitative estimate of drug-likeness (QED) is 0.906. The van der Waals surface area contributed by atoms with Crippen LogP contribution in [0.25, 0.3) is 0 Å². The molecular formula is C18H22N4O. The highest BCUT2D eigenvalue weighted by Gasteiger charge is 2.25. The number of carbonyl (C=O) groups is 1. The summed E-state index contributed by atoms with van der Waals surface area (Å²) in [5.74, 6) is 0.0232. The number of piperazine rings is 1. The highest BCUT2D eigenvalue weighted by atomic mass is 16.2. The molecule has 2 aromatic rings. The summed E-state index contributed by atoms with van der Waals surface area (Å²) in [5, 5.41) is 6.41. The first-order valence-corrected chi connectivity index (χ1v) is 7.94. The van der Waals surface area contributed by atoms with E-state index >= 15 is 0 Å². The van der Waals surface area contributed by atoms with Gasteiger partial charge in [0.15, 0.2) is 0 Å². The number of anilines is 1. The van der Waals surface area contributed by atoms with E-state index in [9.17, 15) is 4.79 Å². The Hall–Kier alpha value is -2.24. The fourth-order valence-electron chi connectivity index (χ4n) is 2.92. The van der Waals surface area contributed by atoms with Gasteiger partial charge in [-0.2, -0.15) is 0 Å². The van der Waals surface area contributed by atoms with Gasteiger partial charge in [-0.15, -0.1) is 0 Å². The van der Waals surface area contributed by atoms with Gasteiger partial charge in [0.25, 0.3) is 0 Å². The number of amides is 1. The topological polar surface area (TPSA) is 57.3 Å². The molecule has 5 nitrogen and oxygen atoms in total. The zero-order valence-electron chi connectivity index (χ0n) is 13.3. The first-order valence-electron chi connectivity index (χ1n) is 7.94. The zero-order chi connectivity index (χ0) is 16.1. The van der Waals surface area contributed by atoms with Crippen LogP contribution in [0.15, 0.2) is 48.8 Å². The summed E-state index contributed by atoms with van der Waals surface area (Å²) in [6, 6.07) is 12.0. The summed E-state index contributed by atoms with van der Waals surface area (Å²) >= 11 is 0. The highest BCUT2D eigenvalue weighted by molar-refractivity contribution is 5.93. The molecule has 0 aliphatic carbocycles. The minimum Gasteiger partial charge on any atom is -0.325 e. The van der Waals surface area contributed by atoms with E-state index in [2.05, 4.69) is 26.6 Å². The number of aryl methyl sites for hydroxylation is 1. The molecule has 1 amide bonds. The third-order valence-electron chi connectivity index (χ3n) is 4.19. The third kappa shape index (κ3) is 3.94.